The van der Waals surface area contributed by atoms with E-state index in [4.69, 9.17) is 15.2 Å². The van der Waals surface area contributed by atoms with Gasteiger partial charge >= 0.3 is 11.9 Å². The van der Waals surface area contributed by atoms with Crippen molar-refractivity contribution in [2.24, 2.45) is 5.73 Å². The topological polar surface area (TPSA) is 108 Å². The summed E-state index contributed by atoms with van der Waals surface area (Å²) in [6.07, 6.45) is -1.04. The molecule has 0 rings (SSSR count). The third-order valence-electron chi connectivity index (χ3n) is 1.95. The van der Waals surface area contributed by atoms with Crippen LogP contribution in [0, 0.1) is 0 Å². The molecule has 7 nitrogen and oxygen atoms in total. The van der Waals surface area contributed by atoms with Crippen LogP contribution in [0.1, 0.15) is 34.6 Å². The molecule has 0 saturated carbocycles. The standard InChI is InChI=1S/C12H22N2O5/c1-7(14-9(15)6-13)10(16)18-8(2)11(17)19-12(3,4)5/h7-8H,6,13H2,1-5H3,(H,14,15)/t7-,8-/m1/s1. The van der Waals surface area contributed by atoms with Gasteiger partial charge in [0.25, 0.3) is 0 Å². The summed E-state index contributed by atoms with van der Waals surface area (Å²) in [4.78, 5) is 34.2. The van der Waals surface area contributed by atoms with Crippen LogP contribution >= 0.6 is 0 Å². The average Bonchev–Trinajstić information content (AvgIpc) is 2.26. The van der Waals surface area contributed by atoms with E-state index in [9.17, 15) is 14.4 Å². The minimum atomic E-state index is -1.04. The quantitative estimate of drug-likeness (QED) is 0.668. The number of rotatable bonds is 5. The van der Waals surface area contributed by atoms with E-state index in [1.165, 1.54) is 13.8 Å². The van der Waals surface area contributed by atoms with Crippen LogP contribution in [-0.4, -0.2) is 42.1 Å². The lowest BCUT2D eigenvalue weighted by Crippen LogP contribution is -2.44. The highest BCUT2D eigenvalue weighted by atomic mass is 16.6. The molecular weight excluding hydrogens is 252 g/mol. The van der Waals surface area contributed by atoms with Gasteiger partial charge in [0.1, 0.15) is 11.6 Å². The SMILES string of the molecule is C[C@@H](NC(=O)CN)C(=O)O[C@H](C)C(=O)OC(C)(C)C. The van der Waals surface area contributed by atoms with Gasteiger partial charge in [-0.2, -0.15) is 0 Å². The lowest BCUT2D eigenvalue weighted by Gasteiger charge is -2.23. The minimum absolute atomic E-state index is 0.223. The van der Waals surface area contributed by atoms with Gasteiger partial charge in [-0.3, -0.25) is 4.79 Å². The van der Waals surface area contributed by atoms with Crippen molar-refractivity contribution in [3.8, 4) is 0 Å². The van der Waals surface area contributed by atoms with Crippen molar-refractivity contribution in [3.05, 3.63) is 0 Å². The molecule has 0 aromatic heterocycles. The molecule has 0 saturated heterocycles. The molecule has 3 N–H and O–H groups in total. The zero-order valence-electron chi connectivity index (χ0n) is 12.0. The zero-order valence-corrected chi connectivity index (χ0v) is 12.0. The molecule has 0 heterocycles. The zero-order chi connectivity index (χ0) is 15.2. The molecule has 2 atom stereocenters. The Morgan fingerprint density at radius 2 is 1.68 bits per heavy atom. The second kappa shape index (κ2) is 7.08. The van der Waals surface area contributed by atoms with E-state index in [-0.39, 0.29) is 6.54 Å². The average molecular weight is 274 g/mol. The van der Waals surface area contributed by atoms with Crippen LogP contribution in [0.15, 0.2) is 0 Å². The summed E-state index contributed by atoms with van der Waals surface area (Å²) in [5.41, 5.74) is 4.45. The molecule has 1 amide bonds. The molecule has 0 aliphatic rings. The maximum Gasteiger partial charge on any atom is 0.347 e. The van der Waals surface area contributed by atoms with E-state index < -0.39 is 35.6 Å². The van der Waals surface area contributed by atoms with Gasteiger partial charge in [-0.15, -0.1) is 0 Å². The van der Waals surface area contributed by atoms with Gasteiger partial charge in [0.2, 0.25) is 5.91 Å². The van der Waals surface area contributed by atoms with Crippen molar-refractivity contribution in [1.29, 1.82) is 0 Å². The molecule has 0 radical (unpaired) electrons. The minimum Gasteiger partial charge on any atom is -0.457 e. The van der Waals surface area contributed by atoms with Crippen molar-refractivity contribution in [1.82, 2.24) is 5.32 Å². The maximum atomic E-state index is 11.6. The summed E-state index contributed by atoms with van der Waals surface area (Å²) in [6, 6.07) is -0.874. The van der Waals surface area contributed by atoms with E-state index >= 15 is 0 Å². The van der Waals surface area contributed by atoms with Gasteiger partial charge in [0, 0.05) is 0 Å². The van der Waals surface area contributed by atoms with Gasteiger partial charge in [0.05, 0.1) is 6.54 Å². The van der Waals surface area contributed by atoms with Crippen LogP contribution in [0.5, 0.6) is 0 Å². The molecule has 19 heavy (non-hydrogen) atoms. The fraction of sp³-hybridized carbons (Fsp3) is 0.750. The van der Waals surface area contributed by atoms with Gasteiger partial charge in [-0.05, 0) is 34.6 Å². The van der Waals surface area contributed by atoms with E-state index in [1.807, 2.05) is 0 Å². The third-order valence-corrected chi connectivity index (χ3v) is 1.95. The number of carbonyl (C=O) groups excluding carboxylic acids is 3. The first-order valence-corrected chi connectivity index (χ1v) is 5.99. The van der Waals surface area contributed by atoms with Crippen molar-refractivity contribution < 1.29 is 23.9 Å². The molecule has 0 fully saturated rings. The summed E-state index contributed by atoms with van der Waals surface area (Å²) >= 11 is 0. The fourth-order valence-electron chi connectivity index (χ4n) is 1.07. The van der Waals surface area contributed by atoms with Crippen molar-refractivity contribution in [2.45, 2.75) is 52.4 Å². The van der Waals surface area contributed by atoms with Crippen LogP contribution in [0.2, 0.25) is 0 Å². The highest BCUT2D eigenvalue weighted by Gasteiger charge is 2.26. The summed E-state index contributed by atoms with van der Waals surface area (Å²) in [5, 5.41) is 2.33. The normalized spacial score (nSPS) is 14.2. The number of hydrogen-bond acceptors (Lipinski definition) is 6. The Bertz CT molecular complexity index is 349. The van der Waals surface area contributed by atoms with Crippen molar-refractivity contribution in [3.63, 3.8) is 0 Å². The first-order chi connectivity index (χ1) is 8.56. The van der Waals surface area contributed by atoms with Gasteiger partial charge in [0.15, 0.2) is 6.10 Å². The van der Waals surface area contributed by atoms with E-state index in [2.05, 4.69) is 5.32 Å². The van der Waals surface area contributed by atoms with Crippen molar-refractivity contribution >= 4 is 17.8 Å². The Balaban J connectivity index is 4.32. The molecule has 0 aliphatic carbocycles. The molecule has 0 aliphatic heterocycles. The number of amides is 1. The summed E-state index contributed by atoms with van der Waals surface area (Å²) in [7, 11) is 0. The Kier molecular flexibility index (Phi) is 6.47. The number of ether oxygens (including phenoxy) is 2. The number of nitrogens with one attached hydrogen (secondary N) is 1. The number of carbonyl (C=O) groups is 3. The van der Waals surface area contributed by atoms with Crippen LogP contribution in [0.3, 0.4) is 0 Å². The molecule has 110 valence electrons. The largest absolute Gasteiger partial charge is 0.457 e. The van der Waals surface area contributed by atoms with Crippen LogP contribution in [-0.2, 0) is 23.9 Å². The molecule has 0 spiro atoms. The molecule has 0 bridgehead atoms. The first-order valence-electron chi connectivity index (χ1n) is 5.99. The van der Waals surface area contributed by atoms with Crippen LogP contribution in [0.4, 0.5) is 0 Å². The lowest BCUT2D eigenvalue weighted by molar-refractivity contribution is -0.175. The van der Waals surface area contributed by atoms with Crippen LogP contribution in [0.25, 0.3) is 0 Å². The maximum absolute atomic E-state index is 11.6. The predicted molar refractivity (Wildman–Crippen MR) is 68.1 cm³/mol. The number of esters is 2. The van der Waals surface area contributed by atoms with E-state index in [0.29, 0.717) is 0 Å². The Morgan fingerprint density at radius 3 is 2.11 bits per heavy atom. The second-order valence-corrected chi connectivity index (χ2v) is 5.11. The summed E-state index contributed by atoms with van der Waals surface area (Å²) < 4.78 is 9.96. The smallest absolute Gasteiger partial charge is 0.347 e. The highest BCUT2D eigenvalue weighted by molar-refractivity contribution is 5.86. The number of nitrogens with two attached hydrogens (primary N) is 1. The lowest BCUT2D eigenvalue weighted by atomic mass is 10.2. The fourth-order valence-corrected chi connectivity index (χ4v) is 1.07. The highest BCUT2D eigenvalue weighted by Crippen LogP contribution is 2.10. The monoisotopic (exact) mass is 274 g/mol. The van der Waals surface area contributed by atoms with Gasteiger partial charge in [-0.1, -0.05) is 0 Å². The Labute approximate surface area is 112 Å². The van der Waals surface area contributed by atoms with E-state index in [0.717, 1.165) is 0 Å². The summed E-state index contributed by atoms with van der Waals surface area (Å²) in [6.45, 7) is 7.76. The molecule has 0 aromatic carbocycles. The second-order valence-electron chi connectivity index (χ2n) is 5.11. The van der Waals surface area contributed by atoms with Gasteiger partial charge in [-0.25, -0.2) is 9.59 Å². The summed E-state index contributed by atoms with van der Waals surface area (Å²) in [5.74, 6) is -1.84. The van der Waals surface area contributed by atoms with Crippen molar-refractivity contribution in [2.75, 3.05) is 6.54 Å². The number of hydrogen-bond donors (Lipinski definition) is 2. The molecule has 0 unspecified atom stereocenters. The van der Waals surface area contributed by atoms with E-state index in [1.54, 1.807) is 20.8 Å². The molecular formula is C12H22N2O5. The molecule has 0 aromatic rings. The van der Waals surface area contributed by atoms with Gasteiger partial charge < -0.3 is 20.5 Å². The molecule has 7 heteroatoms. The first kappa shape index (κ1) is 17.4. The Hall–Kier alpha value is -1.63. The third kappa shape index (κ3) is 7.40. The van der Waals surface area contributed by atoms with Crippen LogP contribution < -0.4 is 11.1 Å². The Morgan fingerprint density at radius 1 is 1.16 bits per heavy atom. The predicted octanol–water partition coefficient (Wildman–Crippen LogP) is -0.277.